The van der Waals surface area contributed by atoms with Crippen LogP contribution in [0.3, 0.4) is 0 Å². The Bertz CT molecular complexity index is 557. The standard InChI is InChI=1S/C17H23NO4/c1-3-22-14-7-5-4-6-13(14)8-9-15(19)18-11-10-17(2,12-18)16(20)21/h4-7H,3,8-12H2,1-2H3,(H,20,21). The summed E-state index contributed by atoms with van der Waals surface area (Å²) in [5, 5.41) is 9.22. The Kier molecular flexibility index (Phi) is 5.06. The number of amides is 1. The number of rotatable bonds is 6. The third kappa shape index (κ3) is 3.59. The molecule has 120 valence electrons. The Balaban J connectivity index is 1.93. The van der Waals surface area contributed by atoms with E-state index >= 15 is 0 Å². The Morgan fingerprint density at radius 2 is 2.09 bits per heavy atom. The topological polar surface area (TPSA) is 66.8 Å². The SMILES string of the molecule is CCOc1ccccc1CCC(=O)N1CCC(C)(C(=O)O)C1. The predicted molar refractivity (Wildman–Crippen MR) is 82.9 cm³/mol. The third-order valence-corrected chi connectivity index (χ3v) is 4.22. The van der Waals surface area contributed by atoms with Gasteiger partial charge in [0.1, 0.15) is 5.75 Å². The van der Waals surface area contributed by atoms with E-state index in [1.165, 1.54) is 0 Å². The lowest BCUT2D eigenvalue weighted by molar-refractivity contribution is -0.147. The van der Waals surface area contributed by atoms with E-state index in [4.69, 9.17) is 4.74 Å². The van der Waals surface area contributed by atoms with Gasteiger partial charge < -0.3 is 14.7 Å². The number of carbonyl (C=O) groups is 2. The second-order valence-corrected chi connectivity index (χ2v) is 5.97. The molecule has 0 aromatic heterocycles. The molecule has 1 aromatic rings. The van der Waals surface area contributed by atoms with Crippen LogP contribution in [0.25, 0.3) is 0 Å². The van der Waals surface area contributed by atoms with E-state index in [9.17, 15) is 14.7 Å². The average Bonchev–Trinajstić information content (AvgIpc) is 2.90. The van der Waals surface area contributed by atoms with Gasteiger partial charge >= 0.3 is 5.97 Å². The van der Waals surface area contributed by atoms with Crippen molar-refractivity contribution in [2.45, 2.75) is 33.1 Å². The number of carboxylic acid groups (broad SMARTS) is 1. The molecule has 1 aromatic carbocycles. The third-order valence-electron chi connectivity index (χ3n) is 4.22. The monoisotopic (exact) mass is 305 g/mol. The number of nitrogens with zero attached hydrogens (tertiary/aromatic N) is 1. The van der Waals surface area contributed by atoms with Gasteiger partial charge in [-0.1, -0.05) is 18.2 Å². The second-order valence-electron chi connectivity index (χ2n) is 5.97. The van der Waals surface area contributed by atoms with Crippen LogP contribution in [0.1, 0.15) is 32.3 Å². The first-order chi connectivity index (χ1) is 10.5. The average molecular weight is 305 g/mol. The van der Waals surface area contributed by atoms with Crippen molar-refractivity contribution in [3.63, 3.8) is 0 Å². The summed E-state index contributed by atoms with van der Waals surface area (Å²) in [4.78, 5) is 25.2. The van der Waals surface area contributed by atoms with Crippen LogP contribution in [0.5, 0.6) is 5.75 Å². The van der Waals surface area contributed by atoms with Gasteiger partial charge in [-0.3, -0.25) is 9.59 Å². The number of aliphatic carboxylic acids is 1. The van der Waals surface area contributed by atoms with Crippen LogP contribution in [0, 0.1) is 5.41 Å². The summed E-state index contributed by atoms with van der Waals surface area (Å²) in [5.74, 6) is -0.00429. The molecule has 0 saturated carbocycles. The molecule has 1 N–H and O–H groups in total. The highest BCUT2D eigenvalue weighted by Gasteiger charge is 2.41. The summed E-state index contributed by atoms with van der Waals surface area (Å²) in [6, 6.07) is 7.71. The van der Waals surface area contributed by atoms with Gasteiger partial charge in [0.15, 0.2) is 0 Å². The van der Waals surface area contributed by atoms with E-state index in [1.54, 1.807) is 11.8 Å². The highest BCUT2D eigenvalue weighted by molar-refractivity contribution is 5.80. The van der Waals surface area contributed by atoms with Crippen molar-refractivity contribution in [2.75, 3.05) is 19.7 Å². The molecular weight excluding hydrogens is 282 g/mol. The first kappa shape index (κ1) is 16.3. The number of para-hydroxylation sites is 1. The van der Waals surface area contributed by atoms with Crippen molar-refractivity contribution in [1.29, 1.82) is 0 Å². The molecule has 5 heteroatoms. The smallest absolute Gasteiger partial charge is 0.311 e. The molecule has 1 unspecified atom stereocenters. The Morgan fingerprint density at radius 1 is 1.36 bits per heavy atom. The van der Waals surface area contributed by atoms with Crippen LogP contribution < -0.4 is 4.74 Å². The maximum Gasteiger partial charge on any atom is 0.311 e. The van der Waals surface area contributed by atoms with Crippen LogP contribution in [0.4, 0.5) is 0 Å². The van der Waals surface area contributed by atoms with Crippen molar-refractivity contribution in [1.82, 2.24) is 4.90 Å². The normalized spacial score (nSPS) is 20.9. The first-order valence-corrected chi connectivity index (χ1v) is 7.68. The van der Waals surface area contributed by atoms with Crippen molar-refractivity contribution < 1.29 is 19.4 Å². The fourth-order valence-electron chi connectivity index (χ4n) is 2.75. The van der Waals surface area contributed by atoms with Crippen LogP contribution >= 0.6 is 0 Å². The lowest BCUT2D eigenvalue weighted by atomic mass is 9.90. The highest BCUT2D eigenvalue weighted by atomic mass is 16.5. The number of ether oxygens (including phenoxy) is 1. The summed E-state index contributed by atoms with van der Waals surface area (Å²) >= 11 is 0. The number of carboxylic acids is 1. The molecule has 0 aliphatic carbocycles. The van der Waals surface area contributed by atoms with E-state index in [2.05, 4.69) is 0 Å². The molecule has 0 radical (unpaired) electrons. The van der Waals surface area contributed by atoms with Gasteiger partial charge in [-0.15, -0.1) is 0 Å². The number of hydrogen-bond acceptors (Lipinski definition) is 3. The molecule has 1 aliphatic heterocycles. The van der Waals surface area contributed by atoms with Crippen LogP contribution in [-0.2, 0) is 16.0 Å². The largest absolute Gasteiger partial charge is 0.494 e. The molecule has 0 bridgehead atoms. The van der Waals surface area contributed by atoms with Crippen molar-refractivity contribution >= 4 is 11.9 Å². The molecule has 1 saturated heterocycles. The molecule has 1 heterocycles. The molecule has 1 atom stereocenters. The maximum atomic E-state index is 12.3. The fraction of sp³-hybridized carbons (Fsp3) is 0.529. The lowest BCUT2D eigenvalue weighted by Crippen LogP contribution is -2.34. The highest BCUT2D eigenvalue weighted by Crippen LogP contribution is 2.30. The van der Waals surface area contributed by atoms with Gasteiger partial charge in [-0.25, -0.2) is 0 Å². The van der Waals surface area contributed by atoms with Crippen molar-refractivity contribution in [3.05, 3.63) is 29.8 Å². The molecule has 0 spiro atoms. The summed E-state index contributed by atoms with van der Waals surface area (Å²) in [6.07, 6.45) is 1.50. The minimum Gasteiger partial charge on any atom is -0.494 e. The van der Waals surface area contributed by atoms with Gasteiger partial charge in [-0.05, 0) is 38.3 Å². The quantitative estimate of drug-likeness (QED) is 0.876. The number of likely N-dealkylation sites (tertiary alicyclic amines) is 1. The van der Waals surface area contributed by atoms with Crippen LogP contribution in [0.2, 0.25) is 0 Å². The number of benzene rings is 1. The second kappa shape index (κ2) is 6.81. The Labute approximate surface area is 130 Å². The van der Waals surface area contributed by atoms with Crippen LogP contribution in [0.15, 0.2) is 24.3 Å². The van der Waals surface area contributed by atoms with Crippen molar-refractivity contribution in [2.24, 2.45) is 5.41 Å². The summed E-state index contributed by atoms with van der Waals surface area (Å²) in [7, 11) is 0. The van der Waals surface area contributed by atoms with Gasteiger partial charge in [0.2, 0.25) is 5.91 Å². The first-order valence-electron chi connectivity index (χ1n) is 7.68. The fourth-order valence-corrected chi connectivity index (χ4v) is 2.75. The number of hydrogen-bond donors (Lipinski definition) is 1. The molecule has 1 aliphatic rings. The summed E-state index contributed by atoms with van der Waals surface area (Å²) < 4.78 is 5.56. The number of carbonyl (C=O) groups excluding carboxylic acids is 1. The van der Waals surface area contributed by atoms with E-state index < -0.39 is 11.4 Å². The Hall–Kier alpha value is -2.04. The Morgan fingerprint density at radius 3 is 2.73 bits per heavy atom. The molecular formula is C17H23NO4. The van der Waals surface area contributed by atoms with E-state index in [1.807, 2.05) is 31.2 Å². The van der Waals surface area contributed by atoms with E-state index in [0.717, 1.165) is 11.3 Å². The van der Waals surface area contributed by atoms with Gasteiger partial charge in [-0.2, -0.15) is 0 Å². The van der Waals surface area contributed by atoms with Gasteiger partial charge in [0.05, 0.1) is 12.0 Å². The molecule has 22 heavy (non-hydrogen) atoms. The lowest BCUT2D eigenvalue weighted by Gasteiger charge is -2.20. The molecule has 1 amide bonds. The van der Waals surface area contributed by atoms with E-state index in [-0.39, 0.29) is 5.91 Å². The molecule has 5 nitrogen and oxygen atoms in total. The minimum atomic E-state index is -0.829. The van der Waals surface area contributed by atoms with Crippen molar-refractivity contribution in [3.8, 4) is 5.75 Å². The predicted octanol–water partition coefficient (Wildman–Crippen LogP) is 2.34. The minimum absolute atomic E-state index is 0.0104. The van der Waals surface area contributed by atoms with Crippen LogP contribution in [-0.4, -0.2) is 41.6 Å². The zero-order chi connectivity index (χ0) is 16.2. The maximum absolute atomic E-state index is 12.3. The summed E-state index contributed by atoms with van der Waals surface area (Å²) in [6.45, 7) is 5.04. The van der Waals surface area contributed by atoms with Gasteiger partial charge in [0.25, 0.3) is 0 Å². The zero-order valence-corrected chi connectivity index (χ0v) is 13.2. The summed E-state index contributed by atoms with van der Waals surface area (Å²) in [5.41, 5.74) is 0.205. The number of aryl methyl sites for hydroxylation is 1. The van der Waals surface area contributed by atoms with E-state index in [0.29, 0.717) is 39.0 Å². The zero-order valence-electron chi connectivity index (χ0n) is 13.2. The molecule has 1 fully saturated rings. The van der Waals surface area contributed by atoms with Gasteiger partial charge in [0, 0.05) is 19.5 Å². The molecule has 2 rings (SSSR count).